The molecule has 1 heteroatoms. The van der Waals surface area contributed by atoms with E-state index in [0.717, 1.165) is 0 Å². The summed E-state index contributed by atoms with van der Waals surface area (Å²) in [5.74, 6) is 0. The molecule has 0 saturated heterocycles. The average Bonchev–Trinajstić information content (AvgIpc) is 1.99. The fourth-order valence-electron chi connectivity index (χ4n) is 1.07. The smallest absolute Gasteiger partial charge is 0.0325 e. The summed E-state index contributed by atoms with van der Waals surface area (Å²) in [6, 6.07) is 0. The fraction of sp³-hybridized carbons (Fsp3) is 0.800. The van der Waals surface area contributed by atoms with Gasteiger partial charge in [0.2, 0.25) is 0 Å². The molecule has 0 aromatic heterocycles. The zero-order chi connectivity index (χ0) is 8.53. The van der Waals surface area contributed by atoms with E-state index in [1.165, 1.54) is 32.1 Å². The van der Waals surface area contributed by atoms with E-state index in [0.29, 0.717) is 4.83 Å². The first kappa shape index (κ1) is 11.2. The van der Waals surface area contributed by atoms with Crippen LogP contribution in [-0.4, -0.2) is 4.83 Å². The molecule has 1 unspecified atom stereocenters. The number of unbranched alkanes of at least 4 members (excludes halogenated alkanes) is 3. The third-order valence-electron chi connectivity index (χ3n) is 1.73. The molecule has 0 amide bonds. The molecule has 66 valence electrons. The summed E-state index contributed by atoms with van der Waals surface area (Å²) >= 11 is 3.60. The molecule has 1 atom stereocenters. The second-order valence-electron chi connectivity index (χ2n) is 2.89. The van der Waals surface area contributed by atoms with Gasteiger partial charge in [0.05, 0.1) is 0 Å². The molecule has 0 radical (unpaired) electrons. The highest BCUT2D eigenvalue weighted by atomic mass is 79.9. The van der Waals surface area contributed by atoms with Gasteiger partial charge in [-0.15, -0.1) is 0 Å². The molecule has 0 aromatic rings. The summed E-state index contributed by atoms with van der Waals surface area (Å²) in [5.41, 5.74) is 0. The molecule has 0 rings (SSSR count). The predicted molar refractivity (Wildman–Crippen MR) is 56.3 cm³/mol. The summed E-state index contributed by atoms with van der Waals surface area (Å²) in [6.45, 7) is 4.32. The summed E-state index contributed by atoms with van der Waals surface area (Å²) in [5, 5.41) is 0. The highest BCUT2D eigenvalue weighted by Gasteiger charge is 1.96. The van der Waals surface area contributed by atoms with E-state index in [1.54, 1.807) is 0 Å². The topological polar surface area (TPSA) is 0 Å². The quantitative estimate of drug-likeness (QED) is 0.355. The molecule has 0 bridgehead atoms. The van der Waals surface area contributed by atoms with Gasteiger partial charge in [0, 0.05) is 4.83 Å². The second kappa shape index (κ2) is 8.32. The minimum atomic E-state index is 0.601. The third kappa shape index (κ3) is 8.12. The van der Waals surface area contributed by atoms with E-state index in [4.69, 9.17) is 0 Å². The zero-order valence-corrected chi connectivity index (χ0v) is 9.23. The van der Waals surface area contributed by atoms with Gasteiger partial charge in [-0.2, -0.15) is 0 Å². The lowest BCUT2D eigenvalue weighted by atomic mass is 10.1. The van der Waals surface area contributed by atoms with Crippen LogP contribution in [0.15, 0.2) is 12.2 Å². The molecule has 11 heavy (non-hydrogen) atoms. The van der Waals surface area contributed by atoms with Crippen LogP contribution in [-0.2, 0) is 0 Å². The number of hydrogen-bond donors (Lipinski definition) is 0. The molecule has 0 aromatic carbocycles. The first-order valence-corrected chi connectivity index (χ1v) is 5.49. The Kier molecular flexibility index (Phi) is 8.48. The maximum Gasteiger partial charge on any atom is 0.0325 e. The van der Waals surface area contributed by atoms with Crippen LogP contribution in [0.5, 0.6) is 0 Å². The Morgan fingerprint density at radius 2 is 2.00 bits per heavy atom. The van der Waals surface area contributed by atoms with Gasteiger partial charge in [-0.25, -0.2) is 0 Å². The minimum Gasteiger partial charge on any atom is -0.0906 e. The van der Waals surface area contributed by atoms with Gasteiger partial charge in [-0.3, -0.25) is 0 Å². The number of halogens is 1. The number of hydrogen-bond acceptors (Lipinski definition) is 0. The van der Waals surface area contributed by atoms with E-state index in [2.05, 4.69) is 41.9 Å². The maximum atomic E-state index is 3.60. The van der Waals surface area contributed by atoms with Crippen molar-refractivity contribution >= 4 is 15.9 Å². The Morgan fingerprint density at radius 3 is 2.55 bits per heavy atom. The van der Waals surface area contributed by atoms with Gasteiger partial charge in [0.25, 0.3) is 0 Å². The maximum absolute atomic E-state index is 3.60. The third-order valence-corrected chi connectivity index (χ3v) is 2.50. The van der Waals surface area contributed by atoms with Crippen LogP contribution in [0.3, 0.4) is 0 Å². The van der Waals surface area contributed by atoms with Crippen LogP contribution in [0, 0.1) is 0 Å². The molecule has 0 aliphatic carbocycles. The van der Waals surface area contributed by atoms with Gasteiger partial charge in [-0.05, 0) is 13.3 Å². The van der Waals surface area contributed by atoms with Crippen molar-refractivity contribution in [3.63, 3.8) is 0 Å². The lowest BCUT2D eigenvalue weighted by Gasteiger charge is -2.02. The van der Waals surface area contributed by atoms with Gasteiger partial charge >= 0.3 is 0 Å². The summed E-state index contributed by atoms with van der Waals surface area (Å²) in [6.07, 6.45) is 11.1. The highest BCUT2D eigenvalue weighted by molar-refractivity contribution is 9.09. The lowest BCUT2D eigenvalue weighted by molar-refractivity contribution is 0.644. The van der Waals surface area contributed by atoms with Gasteiger partial charge in [-0.1, -0.05) is 60.7 Å². The SMILES string of the molecule is CC=CC(Br)CCCCCC. The molecule has 0 heterocycles. The van der Waals surface area contributed by atoms with Crippen LogP contribution in [0.4, 0.5) is 0 Å². The molecular formula is C10H19Br. The average molecular weight is 219 g/mol. The van der Waals surface area contributed by atoms with Crippen molar-refractivity contribution in [3.05, 3.63) is 12.2 Å². The van der Waals surface area contributed by atoms with Gasteiger partial charge < -0.3 is 0 Å². The van der Waals surface area contributed by atoms with Gasteiger partial charge in [0.15, 0.2) is 0 Å². The fourth-order valence-corrected chi connectivity index (χ4v) is 1.70. The summed E-state index contributed by atoms with van der Waals surface area (Å²) in [4.78, 5) is 0.601. The minimum absolute atomic E-state index is 0.601. The first-order chi connectivity index (χ1) is 5.31. The summed E-state index contributed by atoms with van der Waals surface area (Å²) in [7, 11) is 0. The monoisotopic (exact) mass is 218 g/mol. The Hall–Kier alpha value is 0.220. The standard InChI is InChI=1S/C10H19Br/c1-3-5-6-7-9-10(11)8-4-2/h4,8,10H,3,5-7,9H2,1-2H3. The van der Waals surface area contributed by atoms with Crippen molar-refractivity contribution in [1.82, 2.24) is 0 Å². The molecule has 0 aliphatic heterocycles. The van der Waals surface area contributed by atoms with Crippen molar-refractivity contribution in [3.8, 4) is 0 Å². The van der Waals surface area contributed by atoms with Crippen molar-refractivity contribution in [2.75, 3.05) is 0 Å². The first-order valence-electron chi connectivity index (χ1n) is 4.58. The molecular weight excluding hydrogens is 200 g/mol. The molecule has 0 saturated carbocycles. The van der Waals surface area contributed by atoms with Crippen LogP contribution in [0.1, 0.15) is 46.0 Å². The van der Waals surface area contributed by atoms with Crippen molar-refractivity contribution < 1.29 is 0 Å². The molecule has 0 fully saturated rings. The van der Waals surface area contributed by atoms with E-state index < -0.39 is 0 Å². The normalized spacial score (nSPS) is 14.1. The zero-order valence-electron chi connectivity index (χ0n) is 7.65. The Morgan fingerprint density at radius 1 is 1.27 bits per heavy atom. The summed E-state index contributed by atoms with van der Waals surface area (Å²) < 4.78 is 0. The molecule has 0 spiro atoms. The molecule has 0 N–H and O–H groups in total. The number of allylic oxidation sites excluding steroid dienone is 2. The van der Waals surface area contributed by atoms with Gasteiger partial charge in [0.1, 0.15) is 0 Å². The van der Waals surface area contributed by atoms with E-state index in [1.807, 2.05) is 0 Å². The van der Waals surface area contributed by atoms with Crippen molar-refractivity contribution in [1.29, 1.82) is 0 Å². The molecule has 0 nitrogen and oxygen atoms in total. The molecule has 0 aliphatic rings. The highest BCUT2D eigenvalue weighted by Crippen LogP contribution is 2.12. The van der Waals surface area contributed by atoms with Crippen LogP contribution >= 0.6 is 15.9 Å². The Labute approximate surface area is 79.2 Å². The predicted octanol–water partition coefficient (Wildman–Crippen LogP) is 4.30. The number of alkyl halides is 1. The van der Waals surface area contributed by atoms with E-state index in [9.17, 15) is 0 Å². The largest absolute Gasteiger partial charge is 0.0906 e. The van der Waals surface area contributed by atoms with Crippen LogP contribution in [0.25, 0.3) is 0 Å². The van der Waals surface area contributed by atoms with Crippen molar-refractivity contribution in [2.45, 2.75) is 50.8 Å². The Bertz CT molecular complexity index is 97.0. The second-order valence-corrected chi connectivity index (χ2v) is 4.07. The van der Waals surface area contributed by atoms with Crippen LogP contribution in [0.2, 0.25) is 0 Å². The van der Waals surface area contributed by atoms with E-state index in [-0.39, 0.29) is 0 Å². The van der Waals surface area contributed by atoms with E-state index >= 15 is 0 Å². The lowest BCUT2D eigenvalue weighted by Crippen LogP contribution is -1.91. The Balaban J connectivity index is 3.10. The van der Waals surface area contributed by atoms with Crippen molar-refractivity contribution in [2.24, 2.45) is 0 Å². The number of rotatable bonds is 6. The van der Waals surface area contributed by atoms with Crippen LogP contribution < -0.4 is 0 Å².